The SMILES string of the molecule is c1ccc(-c2ccc(-c3nc4nccnc4nc3-n3c4ccccc4c4c5ccc6c(c5ccc43)c3ccccc3n6-c3ccccc3)c3ccccc23)cc1. The van der Waals surface area contributed by atoms with Crippen LogP contribution in [0, 0.1) is 0 Å². The van der Waals surface area contributed by atoms with Crippen LogP contribution in [0.1, 0.15) is 0 Å². The van der Waals surface area contributed by atoms with E-state index >= 15 is 0 Å². The van der Waals surface area contributed by atoms with E-state index in [9.17, 15) is 0 Å². The van der Waals surface area contributed by atoms with Crippen molar-refractivity contribution in [2.24, 2.45) is 0 Å². The second kappa shape index (κ2) is 11.9. The maximum absolute atomic E-state index is 5.31. The van der Waals surface area contributed by atoms with Gasteiger partial charge in [-0.15, -0.1) is 0 Å². The van der Waals surface area contributed by atoms with E-state index in [4.69, 9.17) is 9.97 Å². The van der Waals surface area contributed by atoms with E-state index in [0.29, 0.717) is 17.1 Å². The summed E-state index contributed by atoms with van der Waals surface area (Å²) in [7, 11) is 0. The summed E-state index contributed by atoms with van der Waals surface area (Å²) in [6, 6.07) is 60.6. The molecular weight excluding hydrogens is 685 g/mol. The van der Waals surface area contributed by atoms with Crippen LogP contribution in [-0.4, -0.2) is 29.1 Å². The molecule has 6 heteroatoms. The molecule has 0 unspecified atom stereocenters. The van der Waals surface area contributed by atoms with Crippen molar-refractivity contribution in [1.82, 2.24) is 29.1 Å². The molecule has 6 nitrogen and oxygen atoms in total. The molecule has 12 rings (SSSR count). The molecule has 0 radical (unpaired) electrons. The molecule has 0 aliphatic heterocycles. The minimum atomic E-state index is 0.499. The number of fused-ring (bicyclic) bond motifs is 11. The van der Waals surface area contributed by atoms with Gasteiger partial charge in [-0.25, -0.2) is 19.9 Å². The van der Waals surface area contributed by atoms with Crippen LogP contribution in [0.15, 0.2) is 182 Å². The molecule has 0 aliphatic rings. The van der Waals surface area contributed by atoms with E-state index in [2.05, 4.69) is 189 Å². The van der Waals surface area contributed by atoms with Crippen molar-refractivity contribution in [3.8, 4) is 33.9 Å². The number of benzene rings is 8. The first kappa shape index (κ1) is 30.7. The Morgan fingerprint density at radius 2 is 0.839 bits per heavy atom. The molecule has 4 aromatic heterocycles. The predicted octanol–water partition coefficient (Wildman–Crippen LogP) is 12.3. The van der Waals surface area contributed by atoms with Crippen molar-refractivity contribution in [2.45, 2.75) is 0 Å². The zero-order valence-electron chi connectivity index (χ0n) is 30.0. The Morgan fingerprint density at radius 3 is 1.50 bits per heavy atom. The molecule has 0 N–H and O–H groups in total. The molecular formula is C50H30N6. The van der Waals surface area contributed by atoms with E-state index in [-0.39, 0.29) is 0 Å². The fourth-order valence-electron chi connectivity index (χ4n) is 8.93. The van der Waals surface area contributed by atoms with Crippen molar-refractivity contribution in [3.05, 3.63) is 182 Å². The molecule has 0 saturated heterocycles. The third kappa shape index (κ3) is 4.38. The highest BCUT2D eigenvalue weighted by atomic mass is 15.1. The monoisotopic (exact) mass is 714 g/mol. The van der Waals surface area contributed by atoms with E-state index in [1.807, 2.05) is 0 Å². The van der Waals surface area contributed by atoms with Crippen LogP contribution in [0.3, 0.4) is 0 Å². The Hall–Kier alpha value is -7.70. The Kier molecular flexibility index (Phi) is 6.53. The highest BCUT2D eigenvalue weighted by Crippen LogP contribution is 2.44. The fraction of sp³-hybridized carbons (Fsp3) is 0. The molecule has 56 heavy (non-hydrogen) atoms. The van der Waals surface area contributed by atoms with Gasteiger partial charge in [-0.2, -0.15) is 0 Å². The lowest BCUT2D eigenvalue weighted by atomic mass is 9.93. The van der Waals surface area contributed by atoms with E-state index < -0.39 is 0 Å². The van der Waals surface area contributed by atoms with Crippen LogP contribution < -0.4 is 0 Å². The lowest BCUT2D eigenvalue weighted by molar-refractivity contribution is 1.05. The van der Waals surface area contributed by atoms with Gasteiger partial charge in [0.15, 0.2) is 17.1 Å². The standard InChI is InChI=1S/C50H30N6/c1-3-13-31(14-4-1)33-23-24-38(35-18-8-7-17-34(33)35)47-50(54-49-48(53-47)51-29-30-52-49)56-42-22-12-10-20-40(42)46-37-25-27-43-45(36(37)26-28-44(46)56)39-19-9-11-21-41(39)55(43)32-15-5-2-6-16-32/h1-30H. The van der Waals surface area contributed by atoms with Gasteiger partial charge in [0, 0.05) is 45.2 Å². The molecule has 0 saturated carbocycles. The molecule has 0 atom stereocenters. The number of nitrogens with zero attached hydrogens (tertiary/aromatic N) is 6. The highest BCUT2D eigenvalue weighted by Gasteiger charge is 2.24. The van der Waals surface area contributed by atoms with Gasteiger partial charge in [-0.3, -0.25) is 4.57 Å². The summed E-state index contributed by atoms with van der Waals surface area (Å²) in [6.45, 7) is 0. The van der Waals surface area contributed by atoms with Gasteiger partial charge in [0.2, 0.25) is 0 Å². The summed E-state index contributed by atoms with van der Waals surface area (Å²) in [5.74, 6) is 0.711. The molecule has 260 valence electrons. The van der Waals surface area contributed by atoms with Crippen LogP contribution >= 0.6 is 0 Å². The molecule has 12 aromatic rings. The van der Waals surface area contributed by atoms with Crippen LogP contribution in [0.4, 0.5) is 0 Å². The maximum atomic E-state index is 5.31. The number of para-hydroxylation sites is 3. The zero-order valence-corrected chi connectivity index (χ0v) is 30.0. The molecule has 0 spiro atoms. The average Bonchev–Trinajstić information content (AvgIpc) is 3.79. The van der Waals surface area contributed by atoms with Gasteiger partial charge >= 0.3 is 0 Å². The number of rotatable bonds is 4. The summed E-state index contributed by atoms with van der Waals surface area (Å²) in [6.07, 6.45) is 3.36. The number of hydrogen-bond donors (Lipinski definition) is 0. The first-order valence-electron chi connectivity index (χ1n) is 18.8. The average molecular weight is 715 g/mol. The van der Waals surface area contributed by atoms with Gasteiger partial charge in [-0.1, -0.05) is 133 Å². The smallest absolute Gasteiger partial charge is 0.199 e. The number of hydrogen-bond acceptors (Lipinski definition) is 4. The van der Waals surface area contributed by atoms with Gasteiger partial charge in [0.25, 0.3) is 0 Å². The second-order valence-electron chi connectivity index (χ2n) is 14.2. The van der Waals surface area contributed by atoms with E-state index in [1.54, 1.807) is 12.4 Å². The lowest BCUT2D eigenvalue weighted by Gasteiger charge is -2.16. The molecule has 0 amide bonds. The normalized spacial score (nSPS) is 11.9. The number of aromatic nitrogens is 6. The molecule has 4 heterocycles. The minimum Gasteiger partial charge on any atom is -0.309 e. The van der Waals surface area contributed by atoms with Gasteiger partial charge in [0.1, 0.15) is 5.69 Å². The Morgan fingerprint density at radius 1 is 0.339 bits per heavy atom. The highest BCUT2D eigenvalue weighted by molar-refractivity contribution is 6.29. The zero-order chi connectivity index (χ0) is 36.7. The molecule has 0 bridgehead atoms. The third-order valence-electron chi connectivity index (χ3n) is 11.3. The van der Waals surface area contributed by atoms with Crippen LogP contribution in [0.25, 0.3) is 110 Å². The first-order valence-corrected chi connectivity index (χ1v) is 18.8. The Labute approximate surface area is 320 Å². The van der Waals surface area contributed by atoms with Gasteiger partial charge < -0.3 is 4.57 Å². The molecule has 0 fully saturated rings. The van der Waals surface area contributed by atoms with Crippen molar-refractivity contribution >= 4 is 76.5 Å². The fourth-order valence-corrected chi connectivity index (χ4v) is 8.93. The minimum absolute atomic E-state index is 0.499. The first-order chi connectivity index (χ1) is 27.8. The Bertz CT molecular complexity index is 3530. The topological polar surface area (TPSA) is 61.4 Å². The lowest BCUT2D eigenvalue weighted by Crippen LogP contribution is -2.05. The second-order valence-corrected chi connectivity index (χ2v) is 14.2. The van der Waals surface area contributed by atoms with Crippen LogP contribution in [0.5, 0.6) is 0 Å². The summed E-state index contributed by atoms with van der Waals surface area (Å²) in [5.41, 5.74) is 10.7. The van der Waals surface area contributed by atoms with Crippen molar-refractivity contribution in [3.63, 3.8) is 0 Å². The largest absolute Gasteiger partial charge is 0.309 e. The quantitative estimate of drug-likeness (QED) is 0.182. The van der Waals surface area contributed by atoms with Crippen molar-refractivity contribution in [2.75, 3.05) is 0 Å². The molecule has 8 aromatic carbocycles. The Balaban J connectivity index is 1.18. The summed E-state index contributed by atoms with van der Waals surface area (Å²) < 4.78 is 4.65. The van der Waals surface area contributed by atoms with Crippen molar-refractivity contribution < 1.29 is 0 Å². The molecule has 0 aliphatic carbocycles. The van der Waals surface area contributed by atoms with Gasteiger partial charge in [-0.05, 0) is 69.1 Å². The third-order valence-corrected chi connectivity index (χ3v) is 11.3. The van der Waals surface area contributed by atoms with Gasteiger partial charge in [0.05, 0.1) is 22.1 Å². The van der Waals surface area contributed by atoms with E-state index in [1.165, 1.54) is 49.1 Å². The van der Waals surface area contributed by atoms with Crippen LogP contribution in [-0.2, 0) is 0 Å². The summed E-state index contributed by atoms with van der Waals surface area (Å²) in [5, 5.41) is 9.43. The van der Waals surface area contributed by atoms with Crippen LogP contribution in [0.2, 0.25) is 0 Å². The summed E-state index contributed by atoms with van der Waals surface area (Å²) in [4.78, 5) is 19.9. The van der Waals surface area contributed by atoms with E-state index in [0.717, 1.165) is 44.1 Å². The predicted molar refractivity (Wildman–Crippen MR) is 230 cm³/mol. The summed E-state index contributed by atoms with van der Waals surface area (Å²) >= 11 is 0. The maximum Gasteiger partial charge on any atom is 0.199 e. The van der Waals surface area contributed by atoms with Crippen molar-refractivity contribution in [1.29, 1.82) is 0 Å².